The Morgan fingerprint density at radius 1 is 1.64 bits per heavy atom. The van der Waals surface area contributed by atoms with Crippen LogP contribution in [-0.2, 0) is 9.53 Å². The van der Waals surface area contributed by atoms with Crippen molar-refractivity contribution in [3.05, 3.63) is 0 Å². The molecule has 5 nitrogen and oxygen atoms in total. The van der Waals surface area contributed by atoms with Gasteiger partial charge in [0.1, 0.15) is 5.54 Å². The number of rotatable bonds is 3. The van der Waals surface area contributed by atoms with Crippen LogP contribution in [0.15, 0.2) is 4.99 Å². The summed E-state index contributed by atoms with van der Waals surface area (Å²) in [6.45, 7) is 5.58. The molecule has 0 aromatic carbocycles. The molecule has 1 unspecified atom stereocenters. The van der Waals surface area contributed by atoms with E-state index in [-0.39, 0.29) is 17.5 Å². The second-order valence-electron chi connectivity index (χ2n) is 4.37. The highest BCUT2D eigenvalue weighted by Crippen LogP contribution is 2.28. The Morgan fingerprint density at radius 3 is 2.57 bits per heavy atom. The Bertz CT molecular complexity index is 286. The van der Waals surface area contributed by atoms with E-state index in [0.29, 0.717) is 6.42 Å². The number of aliphatic imine (C=N–C) groups is 1. The van der Waals surface area contributed by atoms with Crippen molar-refractivity contribution >= 4 is 11.9 Å². The Labute approximate surface area is 83.7 Å². The van der Waals surface area contributed by atoms with Crippen molar-refractivity contribution < 1.29 is 9.53 Å². The van der Waals surface area contributed by atoms with Crippen LogP contribution in [0.2, 0.25) is 0 Å². The van der Waals surface area contributed by atoms with Crippen molar-refractivity contribution in [1.82, 2.24) is 5.32 Å². The molecule has 1 aliphatic rings. The van der Waals surface area contributed by atoms with E-state index >= 15 is 0 Å². The zero-order valence-electron chi connectivity index (χ0n) is 9.05. The molecule has 1 rings (SSSR count). The van der Waals surface area contributed by atoms with Gasteiger partial charge in [0, 0.05) is 13.5 Å². The largest absolute Gasteiger partial charge is 0.379 e. The maximum absolute atomic E-state index is 11.5. The molecule has 1 atom stereocenters. The molecule has 1 amide bonds. The smallest absolute Gasteiger partial charge is 0.254 e. The van der Waals surface area contributed by atoms with E-state index in [1.807, 2.05) is 13.8 Å². The van der Waals surface area contributed by atoms with Crippen LogP contribution < -0.4 is 11.1 Å². The van der Waals surface area contributed by atoms with Gasteiger partial charge in [0.25, 0.3) is 5.91 Å². The Morgan fingerprint density at radius 2 is 2.21 bits per heavy atom. The number of nitrogens with zero attached hydrogens (tertiary/aromatic N) is 1. The summed E-state index contributed by atoms with van der Waals surface area (Å²) in [4.78, 5) is 15.6. The standard InChI is InChI=1S/C9H17N3O2/c1-8(2,14-4)5-9(3)6(13)11-7(10)12-9/h5H2,1-4H3,(H3,10,11,12,13). The van der Waals surface area contributed by atoms with E-state index in [4.69, 9.17) is 10.5 Å². The van der Waals surface area contributed by atoms with E-state index in [9.17, 15) is 4.79 Å². The fraction of sp³-hybridized carbons (Fsp3) is 0.778. The van der Waals surface area contributed by atoms with Gasteiger partial charge >= 0.3 is 0 Å². The number of ether oxygens (including phenoxy) is 1. The molecule has 0 aromatic rings. The van der Waals surface area contributed by atoms with Crippen molar-refractivity contribution in [2.24, 2.45) is 10.7 Å². The number of carbonyl (C=O) groups is 1. The predicted molar refractivity (Wildman–Crippen MR) is 53.9 cm³/mol. The van der Waals surface area contributed by atoms with Crippen molar-refractivity contribution in [2.75, 3.05) is 7.11 Å². The lowest BCUT2D eigenvalue weighted by atomic mass is 9.88. The molecule has 0 saturated carbocycles. The minimum absolute atomic E-state index is 0.167. The first kappa shape index (κ1) is 11.0. The second-order valence-corrected chi connectivity index (χ2v) is 4.37. The number of nitrogens with two attached hydrogens (primary N) is 1. The first-order chi connectivity index (χ1) is 6.29. The first-order valence-corrected chi connectivity index (χ1v) is 4.51. The SMILES string of the molecule is COC(C)(C)CC1(C)N=C(N)NC1=O. The van der Waals surface area contributed by atoms with Crippen LogP contribution in [0.1, 0.15) is 27.2 Å². The van der Waals surface area contributed by atoms with Gasteiger partial charge in [0.05, 0.1) is 5.60 Å². The topological polar surface area (TPSA) is 76.7 Å². The molecule has 0 bridgehead atoms. The average molecular weight is 199 g/mol. The fourth-order valence-electron chi connectivity index (χ4n) is 1.62. The molecule has 1 aliphatic heterocycles. The molecule has 3 N–H and O–H groups in total. The predicted octanol–water partition coefficient (Wildman–Crippen LogP) is 0.00470. The second kappa shape index (κ2) is 3.24. The minimum Gasteiger partial charge on any atom is -0.379 e. The maximum Gasteiger partial charge on any atom is 0.254 e. The molecule has 0 spiro atoms. The highest BCUT2D eigenvalue weighted by Gasteiger charge is 2.42. The molecule has 0 aliphatic carbocycles. The van der Waals surface area contributed by atoms with Gasteiger partial charge in [0.15, 0.2) is 5.96 Å². The number of carbonyl (C=O) groups excluding carboxylic acids is 1. The number of guanidine groups is 1. The van der Waals surface area contributed by atoms with Crippen LogP contribution in [0, 0.1) is 0 Å². The zero-order valence-corrected chi connectivity index (χ0v) is 9.05. The summed E-state index contributed by atoms with van der Waals surface area (Å²) in [7, 11) is 1.61. The normalized spacial score (nSPS) is 27.4. The Balaban J connectivity index is 2.82. The lowest BCUT2D eigenvalue weighted by Crippen LogP contribution is -2.43. The third kappa shape index (κ3) is 2.04. The van der Waals surface area contributed by atoms with Crippen LogP contribution in [0.3, 0.4) is 0 Å². The summed E-state index contributed by atoms with van der Waals surface area (Å²) in [5.74, 6) is 0.0181. The van der Waals surface area contributed by atoms with Crippen LogP contribution in [0.4, 0.5) is 0 Å². The third-order valence-electron chi connectivity index (χ3n) is 2.42. The average Bonchev–Trinajstić information content (AvgIpc) is 2.24. The highest BCUT2D eigenvalue weighted by molar-refractivity contribution is 6.06. The fourth-order valence-corrected chi connectivity index (χ4v) is 1.62. The summed E-state index contributed by atoms with van der Waals surface area (Å²) in [6, 6.07) is 0. The molecule has 80 valence electrons. The zero-order chi connectivity index (χ0) is 11.0. The molecule has 14 heavy (non-hydrogen) atoms. The molecular weight excluding hydrogens is 182 g/mol. The van der Waals surface area contributed by atoms with Crippen molar-refractivity contribution in [3.63, 3.8) is 0 Å². The summed E-state index contributed by atoms with van der Waals surface area (Å²) in [6.07, 6.45) is 0.503. The van der Waals surface area contributed by atoms with Gasteiger partial charge in [-0.2, -0.15) is 0 Å². The Hall–Kier alpha value is -1.10. The van der Waals surface area contributed by atoms with E-state index < -0.39 is 5.54 Å². The molecule has 0 fully saturated rings. The lowest BCUT2D eigenvalue weighted by molar-refractivity contribution is -0.125. The van der Waals surface area contributed by atoms with Crippen LogP contribution in [-0.4, -0.2) is 30.1 Å². The molecule has 5 heteroatoms. The summed E-state index contributed by atoms with van der Waals surface area (Å²) in [5, 5.41) is 2.49. The van der Waals surface area contributed by atoms with E-state index in [1.165, 1.54) is 0 Å². The van der Waals surface area contributed by atoms with Crippen molar-refractivity contribution in [1.29, 1.82) is 0 Å². The minimum atomic E-state index is -0.802. The van der Waals surface area contributed by atoms with E-state index in [2.05, 4.69) is 10.3 Å². The number of nitrogens with one attached hydrogen (secondary N) is 1. The van der Waals surface area contributed by atoms with Gasteiger partial charge in [-0.15, -0.1) is 0 Å². The van der Waals surface area contributed by atoms with Crippen molar-refractivity contribution in [2.45, 2.75) is 38.3 Å². The van der Waals surface area contributed by atoms with E-state index in [1.54, 1.807) is 14.0 Å². The molecule has 1 heterocycles. The Kier molecular flexibility index (Phi) is 2.54. The van der Waals surface area contributed by atoms with Crippen molar-refractivity contribution in [3.8, 4) is 0 Å². The van der Waals surface area contributed by atoms with Crippen LogP contribution in [0.5, 0.6) is 0 Å². The number of methoxy groups -OCH3 is 1. The quantitative estimate of drug-likeness (QED) is 0.672. The van der Waals surface area contributed by atoms with Gasteiger partial charge in [-0.25, -0.2) is 4.99 Å². The number of hydrogen-bond donors (Lipinski definition) is 2. The van der Waals surface area contributed by atoms with E-state index in [0.717, 1.165) is 0 Å². The van der Waals surface area contributed by atoms with Crippen LogP contribution >= 0.6 is 0 Å². The van der Waals surface area contributed by atoms with Crippen LogP contribution in [0.25, 0.3) is 0 Å². The number of hydrogen-bond acceptors (Lipinski definition) is 4. The first-order valence-electron chi connectivity index (χ1n) is 4.51. The third-order valence-corrected chi connectivity index (χ3v) is 2.42. The summed E-state index contributed by atoms with van der Waals surface area (Å²) < 4.78 is 5.26. The summed E-state index contributed by atoms with van der Waals surface area (Å²) in [5.41, 5.74) is 4.25. The van der Waals surface area contributed by atoms with Gasteiger partial charge < -0.3 is 10.5 Å². The molecule has 0 saturated heterocycles. The van der Waals surface area contributed by atoms with Gasteiger partial charge in [-0.05, 0) is 20.8 Å². The number of amides is 1. The van der Waals surface area contributed by atoms with Gasteiger partial charge in [0.2, 0.25) is 0 Å². The van der Waals surface area contributed by atoms with Gasteiger partial charge in [-0.3, -0.25) is 10.1 Å². The maximum atomic E-state index is 11.5. The lowest BCUT2D eigenvalue weighted by Gasteiger charge is -2.29. The monoisotopic (exact) mass is 199 g/mol. The molecule has 0 radical (unpaired) electrons. The van der Waals surface area contributed by atoms with Gasteiger partial charge in [-0.1, -0.05) is 0 Å². The summed E-state index contributed by atoms with van der Waals surface area (Å²) >= 11 is 0. The highest BCUT2D eigenvalue weighted by atomic mass is 16.5. The molecule has 0 aromatic heterocycles. The molecular formula is C9H17N3O2.